The SMILES string of the molecule is CNc1ccc(-c2cscn2)cc1. The van der Waals surface area contributed by atoms with Gasteiger partial charge in [0.15, 0.2) is 0 Å². The maximum Gasteiger partial charge on any atom is 0.0811 e. The summed E-state index contributed by atoms with van der Waals surface area (Å²) in [5.41, 5.74) is 5.19. The molecule has 0 saturated heterocycles. The summed E-state index contributed by atoms with van der Waals surface area (Å²) in [5, 5.41) is 5.13. The first-order chi connectivity index (χ1) is 6.40. The van der Waals surface area contributed by atoms with Crippen LogP contribution in [0.5, 0.6) is 0 Å². The van der Waals surface area contributed by atoms with E-state index >= 15 is 0 Å². The van der Waals surface area contributed by atoms with Crippen LogP contribution in [0.4, 0.5) is 5.69 Å². The summed E-state index contributed by atoms with van der Waals surface area (Å²) in [6.07, 6.45) is 0. The number of aromatic nitrogens is 1. The molecule has 13 heavy (non-hydrogen) atoms. The van der Waals surface area contributed by atoms with Crippen LogP contribution in [-0.2, 0) is 0 Å². The minimum Gasteiger partial charge on any atom is -0.388 e. The number of thiazole rings is 1. The molecular weight excluding hydrogens is 180 g/mol. The Balaban J connectivity index is 2.33. The average Bonchev–Trinajstić information content (AvgIpc) is 2.71. The summed E-state index contributed by atoms with van der Waals surface area (Å²) in [7, 11) is 1.91. The smallest absolute Gasteiger partial charge is 0.0811 e. The van der Waals surface area contributed by atoms with E-state index in [1.165, 1.54) is 5.56 Å². The Kier molecular flexibility index (Phi) is 2.27. The predicted octanol–water partition coefficient (Wildman–Crippen LogP) is 2.85. The summed E-state index contributed by atoms with van der Waals surface area (Å²) in [5.74, 6) is 0. The first kappa shape index (κ1) is 8.26. The third-order valence-electron chi connectivity index (χ3n) is 1.90. The van der Waals surface area contributed by atoms with Crippen molar-refractivity contribution >= 4 is 17.0 Å². The molecule has 3 heteroatoms. The zero-order valence-electron chi connectivity index (χ0n) is 7.32. The first-order valence-electron chi connectivity index (χ1n) is 4.06. The Morgan fingerprint density at radius 1 is 1.23 bits per heavy atom. The molecule has 0 aliphatic rings. The third-order valence-corrected chi connectivity index (χ3v) is 2.49. The standard InChI is InChI=1S/C10H10N2S/c1-11-9-4-2-8(3-5-9)10-6-13-7-12-10/h2-7,11H,1H3. The van der Waals surface area contributed by atoms with Crippen molar-refractivity contribution in [2.75, 3.05) is 12.4 Å². The maximum atomic E-state index is 4.24. The van der Waals surface area contributed by atoms with Gasteiger partial charge < -0.3 is 5.32 Å². The largest absolute Gasteiger partial charge is 0.388 e. The molecule has 1 N–H and O–H groups in total. The van der Waals surface area contributed by atoms with Gasteiger partial charge in [-0.05, 0) is 12.1 Å². The topological polar surface area (TPSA) is 24.9 Å². The molecule has 1 heterocycles. The van der Waals surface area contributed by atoms with Gasteiger partial charge in [0, 0.05) is 23.7 Å². The highest BCUT2D eigenvalue weighted by atomic mass is 32.1. The van der Waals surface area contributed by atoms with Gasteiger partial charge in [-0.15, -0.1) is 11.3 Å². The number of nitrogens with one attached hydrogen (secondary N) is 1. The van der Waals surface area contributed by atoms with E-state index in [0.717, 1.165) is 11.4 Å². The lowest BCUT2D eigenvalue weighted by Gasteiger charge is -2.00. The quantitative estimate of drug-likeness (QED) is 0.787. The van der Waals surface area contributed by atoms with Crippen molar-refractivity contribution in [2.24, 2.45) is 0 Å². The van der Waals surface area contributed by atoms with Crippen LogP contribution in [-0.4, -0.2) is 12.0 Å². The summed E-state index contributed by atoms with van der Waals surface area (Å²) < 4.78 is 0. The van der Waals surface area contributed by atoms with Crippen LogP contribution in [0.1, 0.15) is 0 Å². The Hall–Kier alpha value is -1.35. The fourth-order valence-corrected chi connectivity index (χ4v) is 1.72. The zero-order valence-corrected chi connectivity index (χ0v) is 8.14. The highest BCUT2D eigenvalue weighted by Crippen LogP contribution is 2.20. The van der Waals surface area contributed by atoms with Crippen LogP contribution in [0, 0.1) is 0 Å². The maximum absolute atomic E-state index is 4.24. The van der Waals surface area contributed by atoms with E-state index < -0.39 is 0 Å². The van der Waals surface area contributed by atoms with Gasteiger partial charge in [0.05, 0.1) is 11.2 Å². The van der Waals surface area contributed by atoms with E-state index in [9.17, 15) is 0 Å². The van der Waals surface area contributed by atoms with Crippen molar-refractivity contribution in [1.29, 1.82) is 0 Å². The highest BCUT2D eigenvalue weighted by Gasteiger charge is 1.97. The molecule has 0 unspecified atom stereocenters. The second-order valence-electron chi connectivity index (χ2n) is 2.70. The molecule has 2 nitrogen and oxygen atoms in total. The van der Waals surface area contributed by atoms with E-state index in [2.05, 4.69) is 34.6 Å². The molecule has 0 aliphatic carbocycles. The Morgan fingerprint density at radius 3 is 2.54 bits per heavy atom. The summed E-state index contributed by atoms with van der Waals surface area (Å²) >= 11 is 1.62. The molecule has 0 aliphatic heterocycles. The molecule has 0 bridgehead atoms. The van der Waals surface area contributed by atoms with Crippen molar-refractivity contribution < 1.29 is 0 Å². The van der Waals surface area contributed by atoms with Crippen molar-refractivity contribution in [3.05, 3.63) is 35.2 Å². The Labute approximate surface area is 81.3 Å². The second kappa shape index (κ2) is 3.58. The van der Waals surface area contributed by atoms with Gasteiger partial charge in [-0.3, -0.25) is 0 Å². The fourth-order valence-electron chi connectivity index (χ4n) is 1.16. The number of nitrogens with zero attached hydrogens (tertiary/aromatic N) is 1. The second-order valence-corrected chi connectivity index (χ2v) is 3.42. The van der Waals surface area contributed by atoms with Crippen LogP contribution in [0.3, 0.4) is 0 Å². The highest BCUT2D eigenvalue weighted by molar-refractivity contribution is 7.07. The molecule has 66 valence electrons. The zero-order chi connectivity index (χ0) is 9.10. The summed E-state index contributed by atoms with van der Waals surface area (Å²) in [6.45, 7) is 0. The van der Waals surface area contributed by atoms with Gasteiger partial charge in [0.25, 0.3) is 0 Å². The van der Waals surface area contributed by atoms with Crippen molar-refractivity contribution in [3.63, 3.8) is 0 Å². The number of rotatable bonds is 2. The van der Waals surface area contributed by atoms with E-state index in [1.54, 1.807) is 11.3 Å². The number of hydrogen-bond donors (Lipinski definition) is 1. The molecular formula is C10H10N2S. The normalized spacial score (nSPS) is 9.92. The monoisotopic (exact) mass is 190 g/mol. The van der Waals surface area contributed by atoms with Crippen molar-refractivity contribution in [3.8, 4) is 11.3 Å². The van der Waals surface area contributed by atoms with Crippen LogP contribution in [0.25, 0.3) is 11.3 Å². The van der Waals surface area contributed by atoms with Crippen molar-refractivity contribution in [2.45, 2.75) is 0 Å². The molecule has 2 rings (SSSR count). The van der Waals surface area contributed by atoms with E-state index in [1.807, 2.05) is 17.9 Å². The van der Waals surface area contributed by atoms with Gasteiger partial charge in [-0.2, -0.15) is 0 Å². The third kappa shape index (κ3) is 1.70. The van der Waals surface area contributed by atoms with Gasteiger partial charge >= 0.3 is 0 Å². The lowest BCUT2D eigenvalue weighted by Crippen LogP contribution is -1.86. The van der Waals surface area contributed by atoms with E-state index in [0.29, 0.717) is 0 Å². The van der Waals surface area contributed by atoms with Crippen LogP contribution in [0.15, 0.2) is 35.2 Å². The first-order valence-corrected chi connectivity index (χ1v) is 5.01. The number of anilines is 1. The number of hydrogen-bond acceptors (Lipinski definition) is 3. The minimum absolute atomic E-state index is 1.05. The molecule has 0 amide bonds. The molecule has 2 aromatic rings. The van der Waals surface area contributed by atoms with Gasteiger partial charge in [-0.1, -0.05) is 12.1 Å². The molecule has 0 fully saturated rings. The van der Waals surface area contributed by atoms with Gasteiger partial charge in [-0.25, -0.2) is 4.98 Å². The Bertz CT molecular complexity index is 364. The predicted molar refractivity (Wildman–Crippen MR) is 57.1 cm³/mol. The molecule has 0 radical (unpaired) electrons. The Morgan fingerprint density at radius 2 is 2.00 bits per heavy atom. The lowest BCUT2D eigenvalue weighted by atomic mass is 10.1. The molecule has 1 aromatic heterocycles. The molecule has 0 saturated carbocycles. The van der Waals surface area contributed by atoms with E-state index in [-0.39, 0.29) is 0 Å². The minimum atomic E-state index is 1.05. The summed E-state index contributed by atoms with van der Waals surface area (Å²) in [4.78, 5) is 4.24. The molecule has 0 atom stereocenters. The average molecular weight is 190 g/mol. The van der Waals surface area contributed by atoms with Gasteiger partial charge in [0.2, 0.25) is 0 Å². The van der Waals surface area contributed by atoms with Crippen LogP contribution < -0.4 is 5.32 Å². The van der Waals surface area contributed by atoms with Gasteiger partial charge in [0.1, 0.15) is 0 Å². The van der Waals surface area contributed by atoms with E-state index in [4.69, 9.17) is 0 Å². The van der Waals surface area contributed by atoms with Crippen LogP contribution >= 0.6 is 11.3 Å². The fraction of sp³-hybridized carbons (Fsp3) is 0.100. The number of benzene rings is 1. The van der Waals surface area contributed by atoms with Crippen molar-refractivity contribution in [1.82, 2.24) is 4.98 Å². The van der Waals surface area contributed by atoms with Crippen LogP contribution in [0.2, 0.25) is 0 Å². The molecule has 0 spiro atoms. The lowest BCUT2D eigenvalue weighted by molar-refractivity contribution is 1.41. The molecule has 1 aromatic carbocycles. The summed E-state index contributed by atoms with van der Waals surface area (Å²) in [6, 6.07) is 8.24.